The van der Waals surface area contributed by atoms with Gasteiger partial charge in [-0.05, 0) is 20.3 Å². The molecule has 0 aromatic carbocycles. The Morgan fingerprint density at radius 2 is 1.36 bits per heavy atom. The zero-order chi connectivity index (χ0) is 27.0. The Hall–Kier alpha value is -2.94. The summed E-state index contributed by atoms with van der Waals surface area (Å²) in [5.74, 6) is -0.314. The second kappa shape index (κ2) is 10.2. The molecule has 12 nitrogen and oxygen atoms in total. The SMILES string of the molecule is CC1(F)[C@@H](O)[C@@H](CO)O[C@H]1n1ccc(=O)[nH]c1=O.CC[C@H]1O[C@@H](n2ccc(=O)[nH]c2=O)C(C)(F)[C@H]1C. The summed E-state index contributed by atoms with van der Waals surface area (Å²) < 4.78 is 41.7. The van der Waals surface area contributed by atoms with Gasteiger partial charge in [0.2, 0.25) is 0 Å². The lowest BCUT2D eigenvalue weighted by Gasteiger charge is -2.25. The topological polar surface area (TPSA) is 169 Å². The Labute approximate surface area is 203 Å². The van der Waals surface area contributed by atoms with Crippen LogP contribution in [-0.4, -0.2) is 65.6 Å². The number of aromatic amines is 2. The van der Waals surface area contributed by atoms with E-state index in [2.05, 4.69) is 4.98 Å². The number of hydrogen-bond acceptors (Lipinski definition) is 8. The van der Waals surface area contributed by atoms with Crippen LogP contribution in [0.4, 0.5) is 8.78 Å². The van der Waals surface area contributed by atoms with Crippen LogP contribution in [0.1, 0.15) is 46.6 Å². The summed E-state index contributed by atoms with van der Waals surface area (Å²) in [5, 5.41) is 18.6. The van der Waals surface area contributed by atoms with Crippen molar-refractivity contribution in [3.63, 3.8) is 0 Å². The Kier molecular flexibility index (Phi) is 7.83. The lowest BCUT2D eigenvalue weighted by molar-refractivity contribution is -0.0611. The van der Waals surface area contributed by atoms with E-state index >= 15 is 0 Å². The van der Waals surface area contributed by atoms with E-state index < -0.39 is 65.1 Å². The Bertz CT molecular complexity index is 1200. The molecule has 2 unspecified atom stereocenters. The van der Waals surface area contributed by atoms with E-state index in [1.54, 1.807) is 6.92 Å². The van der Waals surface area contributed by atoms with Crippen molar-refractivity contribution in [2.45, 2.75) is 76.2 Å². The number of aromatic nitrogens is 4. The van der Waals surface area contributed by atoms with Gasteiger partial charge in [0.1, 0.15) is 12.2 Å². The predicted octanol–water partition coefficient (Wildman–Crippen LogP) is -0.276. The summed E-state index contributed by atoms with van der Waals surface area (Å²) in [6.45, 7) is 5.60. The monoisotopic (exact) mass is 516 g/mol. The number of H-pyrrole nitrogens is 2. The van der Waals surface area contributed by atoms with Crippen LogP contribution < -0.4 is 22.5 Å². The summed E-state index contributed by atoms with van der Waals surface area (Å²) in [6.07, 6.45) is -2.30. The van der Waals surface area contributed by atoms with E-state index in [0.717, 1.165) is 28.3 Å². The van der Waals surface area contributed by atoms with Crippen LogP contribution in [0.15, 0.2) is 43.7 Å². The van der Waals surface area contributed by atoms with Crippen LogP contribution >= 0.6 is 0 Å². The van der Waals surface area contributed by atoms with Crippen molar-refractivity contribution in [1.29, 1.82) is 0 Å². The summed E-state index contributed by atoms with van der Waals surface area (Å²) in [6, 6.07) is 2.23. The summed E-state index contributed by atoms with van der Waals surface area (Å²) in [5.41, 5.74) is -6.52. The first-order chi connectivity index (χ1) is 16.7. The van der Waals surface area contributed by atoms with Gasteiger partial charge in [0, 0.05) is 30.4 Å². The molecule has 0 saturated carbocycles. The zero-order valence-corrected chi connectivity index (χ0v) is 20.2. The van der Waals surface area contributed by atoms with Crippen molar-refractivity contribution in [3.05, 3.63) is 66.2 Å². The van der Waals surface area contributed by atoms with E-state index in [1.165, 1.54) is 19.2 Å². The van der Waals surface area contributed by atoms with Gasteiger partial charge >= 0.3 is 11.4 Å². The van der Waals surface area contributed by atoms with Crippen LogP contribution in [0.2, 0.25) is 0 Å². The van der Waals surface area contributed by atoms with Crippen LogP contribution in [0.5, 0.6) is 0 Å². The van der Waals surface area contributed by atoms with Gasteiger partial charge in [-0.25, -0.2) is 18.4 Å². The van der Waals surface area contributed by atoms with Crippen molar-refractivity contribution in [1.82, 2.24) is 19.1 Å². The molecule has 2 fully saturated rings. The highest BCUT2D eigenvalue weighted by molar-refractivity contribution is 5.01. The van der Waals surface area contributed by atoms with Gasteiger partial charge in [0.05, 0.1) is 12.7 Å². The number of rotatable bonds is 4. The average Bonchev–Trinajstić information content (AvgIpc) is 3.17. The van der Waals surface area contributed by atoms with E-state index in [1.807, 2.05) is 11.9 Å². The highest BCUT2D eigenvalue weighted by atomic mass is 19.1. The number of nitrogens with one attached hydrogen (secondary N) is 2. The van der Waals surface area contributed by atoms with Crippen molar-refractivity contribution < 1.29 is 28.5 Å². The highest BCUT2D eigenvalue weighted by Gasteiger charge is 2.55. The molecule has 200 valence electrons. The van der Waals surface area contributed by atoms with Gasteiger partial charge in [0.15, 0.2) is 23.8 Å². The molecule has 0 bridgehead atoms. The molecule has 4 N–H and O–H groups in total. The molecule has 8 atom stereocenters. The third kappa shape index (κ3) is 4.98. The van der Waals surface area contributed by atoms with Gasteiger partial charge < -0.3 is 19.7 Å². The predicted molar refractivity (Wildman–Crippen MR) is 122 cm³/mol. The Morgan fingerprint density at radius 1 is 0.917 bits per heavy atom. The molecule has 2 saturated heterocycles. The number of hydrogen-bond donors (Lipinski definition) is 4. The van der Waals surface area contributed by atoms with Crippen molar-refractivity contribution in [2.24, 2.45) is 5.92 Å². The minimum atomic E-state index is -2.25. The number of alkyl halides is 2. The van der Waals surface area contributed by atoms with Crippen molar-refractivity contribution in [2.75, 3.05) is 6.61 Å². The third-order valence-corrected chi connectivity index (χ3v) is 6.74. The number of aliphatic hydroxyl groups excluding tert-OH is 2. The number of halogens is 2. The largest absolute Gasteiger partial charge is 0.394 e. The second-order valence-electron chi connectivity index (χ2n) is 9.22. The minimum absolute atomic E-state index is 0.233. The van der Waals surface area contributed by atoms with Gasteiger partial charge in [-0.2, -0.15) is 0 Å². The molecular weight excluding hydrogens is 486 g/mol. The molecule has 0 radical (unpaired) electrons. The zero-order valence-electron chi connectivity index (χ0n) is 20.2. The maximum absolute atomic E-state index is 14.7. The fourth-order valence-electron chi connectivity index (χ4n) is 4.38. The Balaban J connectivity index is 0.000000201. The molecule has 2 aromatic rings. The van der Waals surface area contributed by atoms with Gasteiger partial charge in [0.25, 0.3) is 11.1 Å². The van der Waals surface area contributed by atoms with Crippen LogP contribution in [-0.2, 0) is 9.47 Å². The molecule has 2 aromatic heterocycles. The van der Waals surface area contributed by atoms with E-state index in [0.29, 0.717) is 6.42 Å². The first kappa shape index (κ1) is 27.6. The summed E-state index contributed by atoms with van der Waals surface area (Å²) >= 11 is 0. The van der Waals surface area contributed by atoms with Crippen molar-refractivity contribution in [3.8, 4) is 0 Å². The van der Waals surface area contributed by atoms with E-state index in [9.17, 15) is 33.1 Å². The smallest absolute Gasteiger partial charge is 0.330 e. The molecular formula is C22H30F2N4O8. The molecule has 2 aliphatic rings. The minimum Gasteiger partial charge on any atom is -0.394 e. The summed E-state index contributed by atoms with van der Waals surface area (Å²) in [4.78, 5) is 49.2. The van der Waals surface area contributed by atoms with Crippen LogP contribution in [0.25, 0.3) is 0 Å². The number of aliphatic hydroxyl groups is 2. The molecule has 4 heterocycles. The quantitative estimate of drug-likeness (QED) is 0.430. The first-order valence-electron chi connectivity index (χ1n) is 11.4. The van der Waals surface area contributed by atoms with Crippen LogP contribution in [0, 0.1) is 5.92 Å². The van der Waals surface area contributed by atoms with Gasteiger partial charge in [-0.3, -0.25) is 28.7 Å². The molecule has 0 spiro atoms. The second-order valence-corrected chi connectivity index (χ2v) is 9.22. The standard InChI is InChI=1S/C12H17FN2O3.C10H13FN2O5/c1-4-8-7(2)12(3,13)10(18-8)15-6-5-9(16)14-11(15)17;1-10(11)7(16)5(4-14)18-8(10)13-3-2-6(15)12-9(13)17/h5-8,10H,4H2,1-3H3,(H,14,16,17);2-3,5,7-8,14,16H,4H2,1H3,(H,12,15,17)/t7-,8+,10+,12?;5-,7+,8-,10?/m01/s1. The lowest BCUT2D eigenvalue weighted by Crippen LogP contribution is -2.43. The number of ether oxygens (including phenoxy) is 2. The van der Waals surface area contributed by atoms with Crippen LogP contribution in [0.3, 0.4) is 0 Å². The van der Waals surface area contributed by atoms with E-state index in [-0.39, 0.29) is 12.0 Å². The molecule has 4 rings (SSSR count). The fourth-order valence-corrected chi connectivity index (χ4v) is 4.38. The first-order valence-corrected chi connectivity index (χ1v) is 11.4. The number of nitrogens with zero attached hydrogens (tertiary/aromatic N) is 2. The molecule has 0 aliphatic carbocycles. The van der Waals surface area contributed by atoms with Gasteiger partial charge in [-0.1, -0.05) is 13.8 Å². The lowest BCUT2D eigenvalue weighted by atomic mass is 9.88. The molecule has 2 aliphatic heterocycles. The van der Waals surface area contributed by atoms with Crippen molar-refractivity contribution >= 4 is 0 Å². The molecule has 0 amide bonds. The fraction of sp³-hybridized carbons (Fsp3) is 0.636. The summed E-state index contributed by atoms with van der Waals surface area (Å²) in [7, 11) is 0. The highest BCUT2D eigenvalue weighted by Crippen LogP contribution is 2.45. The average molecular weight is 516 g/mol. The third-order valence-electron chi connectivity index (χ3n) is 6.74. The molecule has 14 heteroatoms. The maximum Gasteiger partial charge on any atom is 0.330 e. The normalized spacial score (nSPS) is 35.9. The maximum atomic E-state index is 14.7. The van der Waals surface area contributed by atoms with Gasteiger partial charge in [-0.15, -0.1) is 0 Å². The Morgan fingerprint density at radius 3 is 1.72 bits per heavy atom. The van der Waals surface area contributed by atoms with E-state index in [4.69, 9.17) is 14.6 Å². The molecule has 36 heavy (non-hydrogen) atoms.